The van der Waals surface area contributed by atoms with E-state index in [-0.39, 0.29) is 5.69 Å². The number of carboxylic acid groups (broad SMARTS) is 1. The van der Waals surface area contributed by atoms with Crippen LogP contribution < -0.4 is 5.32 Å². The van der Waals surface area contributed by atoms with Gasteiger partial charge in [-0.25, -0.2) is 4.79 Å². The zero-order chi connectivity index (χ0) is 13.7. The highest BCUT2D eigenvalue weighted by Gasteiger charge is 2.24. The Morgan fingerprint density at radius 1 is 1.61 bits per heavy atom. The lowest BCUT2D eigenvalue weighted by molar-refractivity contribution is -0.386. The summed E-state index contributed by atoms with van der Waals surface area (Å²) < 4.78 is 13.3. The normalized spacial score (nSPS) is 11.9. The highest BCUT2D eigenvalue weighted by molar-refractivity contribution is 5.79. The van der Waals surface area contributed by atoms with Crippen molar-refractivity contribution >= 4 is 17.3 Å². The number of benzene rings is 1. The maximum absolute atomic E-state index is 13.3. The minimum Gasteiger partial charge on any atom is -0.480 e. The highest BCUT2D eigenvalue weighted by atomic mass is 19.1. The smallest absolute Gasteiger partial charge is 0.327 e. The van der Waals surface area contributed by atoms with Crippen molar-refractivity contribution in [1.29, 1.82) is 0 Å². The first-order chi connectivity index (χ1) is 8.47. The second-order valence-corrected chi connectivity index (χ2v) is 3.72. The van der Waals surface area contributed by atoms with Crippen LogP contribution in [0.3, 0.4) is 0 Å². The summed E-state index contributed by atoms with van der Waals surface area (Å²) in [5.41, 5.74) is -0.860. The largest absolute Gasteiger partial charge is 0.480 e. The molecule has 1 unspecified atom stereocenters. The van der Waals surface area contributed by atoms with E-state index in [1.165, 1.54) is 12.1 Å². The number of aliphatic carboxylic acids is 1. The lowest BCUT2D eigenvalue weighted by Crippen LogP contribution is -2.29. The van der Waals surface area contributed by atoms with Crippen molar-refractivity contribution in [2.24, 2.45) is 0 Å². The van der Waals surface area contributed by atoms with Gasteiger partial charge >= 0.3 is 11.7 Å². The van der Waals surface area contributed by atoms with Crippen molar-refractivity contribution in [3.8, 4) is 0 Å². The Bertz CT molecular complexity index is 464. The van der Waals surface area contributed by atoms with Gasteiger partial charge in [0.1, 0.15) is 11.7 Å². The van der Waals surface area contributed by atoms with Crippen LogP contribution in [0, 0.1) is 15.9 Å². The van der Waals surface area contributed by atoms with E-state index in [2.05, 4.69) is 5.32 Å². The molecular weight excluding hydrogens is 243 g/mol. The molecule has 0 aromatic heterocycles. The van der Waals surface area contributed by atoms with Gasteiger partial charge in [-0.15, -0.1) is 0 Å². The molecule has 0 heterocycles. The van der Waals surface area contributed by atoms with Gasteiger partial charge in [0, 0.05) is 0 Å². The van der Waals surface area contributed by atoms with Crippen molar-refractivity contribution in [3.05, 3.63) is 34.1 Å². The second-order valence-electron chi connectivity index (χ2n) is 3.72. The summed E-state index contributed by atoms with van der Waals surface area (Å²) in [7, 11) is 0. The van der Waals surface area contributed by atoms with Gasteiger partial charge in [0.15, 0.2) is 0 Å². The van der Waals surface area contributed by atoms with Crippen molar-refractivity contribution in [2.45, 2.75) is 25.8 Å². The second kappa shape index (κ2) is 5.95. The number of anilines is 1. The SMILES string of the molecule is CCCC(Nc1cccc(F)c1[N+](=O)[O-])C(=O)O. The van der Waals surface area contributed by atoms with Gasteiger partial charge in [-0.1, -0.05) is 19.4 Å². The third kappa shape index (κ3) is 3.16. The molecule has 0 fully saturated rings. The van der Waals surface area contributed by atoms with Crippen LogP contribution >= 0.6 is 0 Å². The molecule has 0 spiro atoms. The Morgan fingerprint density at radius 2 is 2.28 bits per heavy atom. The van der Waals surface area contributed by atoms with Crippen LogP contribution in [-0.2, 0) is 4.79 Å². The molecule has 18 heavy (non-hydrogen) atoms. The fraction of sp³-hybridized carbons (Fsp3) is 0.364. The molecule has 7 heteroatoms. The van der Waals surface area contributed by atoms with E-state index in [0.717, 1.165) is 6.07 Å². The molecule has 0 bridgehead atoms. The average Bonchev–Trinajstić information content (AvgIpc) is 2.27. The van der Waals surface area contributed by atoms with Crippen LogP contribution in [0.15, 0.2) is 18.2 Å². The van der Waals surface area contributed by atoms with Gasteiger partial charge in [-0.3, -0.25) is 10.1 Å². The Morgan fingerprint density at radius 3 is 2.78 bits per heavy atom. The number of nitrogens with zero attached hydrogens (tertiary/aromatic N) is 1. The fourth-order valence-corrected chi connectivity index (χ4v) is 1.55. The average molecular weight is 256 g/mol. The van der Waals surface area contributed by atoms with Crippen molar-refractivity contribution in [3.63, 3.8) is 0 Å². The molecule has 0 saturated heterocycles. The Labute approximate surface area is 103 Å². The first kappa shape index (κ1) is 13.9. The summed E-state index contributed by atoms with van der Waals surface area (Å²) >= 11 is 0. The molecule has 98 valence electrons. The molecule has 2 N–H and O–H groups in total. The zero-order valence-corrected chi connectivity index (χ0v) is 9.72. The van der Waals surface area contributed by atoms with Crippen molar-refractivity contribution < 1.29 is 19.2 Å². The molecule has 1 aromatic carbocycles. The maximum Gasteiger partial charge on any atom is 0.327 e. The predicted molar refractivity (Wildman–Crippen MR) is 63.0 cm³/mol. The minimum atomic E-state index is -1.13. The first-order valence-corrected chi connectivity index (χ1v) is 5.39. The van der Waals surface area contributed by atoms with Crippen LogP contribution in [0.25, 0.3) is 0 Å². The summed E-state index contributed by atoms with van der Waals surface area (Å²) in [4.78, 5) is 20.8. The number of carbonyl (C=O) groups is 1. The monoisotopic (exact) mass is 256 g/mol. The number of hydrogen-bond acceptors (Lipinski definition) is 4. The molecule has 1 atom stereocenters. The van der Waals surface area contributed by atoms with Gasteiger partial charge in [0.2, 0.25) is 5.82 Å². The minimum absolute atomic E-state index is 0.124. The zero-order valence-electron chi connectivity index (χ0n) is 9.72. The van der Waals surface area contributed by atoms with Crippen LogP contribution in [0.1, 0.15) is 19.8 Å². The standard InChI is InChI=1S/C11H13FN2O4/c1-2-4-9(11(15)16)13-8-6-3-5-7(12)10(8)14(17)18/h3,5-6,9,13H,2,4H2,1H3,(H,15,16). The van der Waals surface area contributed by atoms with E-state index in [1.807, 2.05) is 0 Å². The summed E-state index contributed by atoms with van der Waals surface area (Å²) in [6, 6.07) is 2.55. The van der Waals surface area contributed by atoms with E-state index in [9.17, 15) is 19.3 Å². The number of hydrogen-bond donors (Lipinski definition) is 2. The van der Waals surface area contributed by atoms with E-state index in [0.29, 0.717) is 12.8 Å². The Kier molecular flexibility index (Phi) is 4.59. The molecule has 0 saturated carbocycles. The molecule has 1 rings (SSSR count). The summed E-state index contributed by atoms with van der Waals surface area (Å²) in [6.45, 7) is 1.79. The molecule has 6 nitrogen and oxygen atoms in total. The number of nitro groups is 1. The van der Waals surface area contributed by atoms with E-state index >= 15 is 0 Å². The number of nitro benzene ring substituents is 1. The van der Waals surface area contributed by atoms with Crippen LogP contribution in [-0.4, -0.2) is 22.0 Å². The lowest BCUT2D eigenvalue weighted by atomic mass is 10.1. The number of carboxylic acids is 1. The summed E-state index contributed by atoms with van der Waals surface area (Å²) in [5.74, 6) is -2.12. The quantitative estimate of drug-likeness (QED) is 0.602. The summed E-state index contributed by atoms with van der Waals surface area (Å²) in [5, 5.41) is 22.2. The molecule has 0 amide bonds. The van der Waals surface area contributed by atoms with Gasteiger partial charge < -0.3 is 10.4 Å². The molecular formula is C11H13FN2O4. The first-order valence-electron chi connectivity index (χ1n) is 5.39. The van der Waals surface area contributed by atoms with E-state index in [1.54, 1.807) is 6.92 Å². The van der Waals surface area contributed by atoms with E-state index < -0.39 is 28.4 Å². The fourth-order valence-electron chi connectivity index (χ4n) is 1.55. The Balaban J connectivity index is 3.06. The van der Waals surface area contributed by atoms with Gasteiger partial charge in [-0.2, -0.15) is 4.39 Å². The molecule has 0 radical (unpaired) electrons. The molecule has 0 aliphatic heterocycles. The third-order valence-corrected chi connectivity index (χ3v) is 2.37. The predicted octanol–water partition coefficient (Wildman–Crippen LogP) is 2.40. The Hall–Kier alpha value is -2.18. The van der Waals surface area contributed by atoms with Crippen LogP contribution in [0.2, 0.25) is 0 Å². The van der Waals surface area contributed by atoms with Gasteiger partial charge in [0.25, 0.3) is 0 Å². The molecule has 0 aliphatic carbocycles. The third-order valence-electron chi connectivity index (χ3n) is 2.37. The maximum atomic E-state index is 13.3. The number of halogens is 1. The number of nitrogens with one attached hydrogen (secondary N) is 1. The number of para-hydroxylation sites is 1. The lowest BCUT2D eigenvalue weighted by Gasteiger charge is -2.14. The molecule has 0 aliphatic rings. The van der Waals surface area contributed by atoms with Crippen LogP contribution in [0.5, 0.6) is 0 Å². The van der Waals surface area contributed by atoms with Crippen molar-refractivity contribution in [2.75, 3.05) is 5.32 Å². The van der Waals surface area contributed by atoms with Crippen LogP contribution in [0.4, 0.5) is 15.8 Å². The van der Waals surface area contributed by atoms with Gasteiger partial charge in [-0.05, 0) is 18.6 Å². The summed E-state index contributed by atoms with van der Waals surface area (Å²) in [6.07, 6.45) is 0.885. The highest BCUT2D eigenvalue weighted by Crippen LogP contribution is 2.28. The van der Waals surface area contributed by atoms with Crippen molar-refractivity contribution in [1.82, 2.24) is 0 Å². The topological polar surface area (TPSA) is 92.5 Å². The van der Waals surface area contributed by atoms with E-state index in [4.69, 9.17) is 5.11 Å². The molecule has 1 aromatic rings. The van der Waals surface area contributed by atoms with Gasteiger partial charge in [0.05, 0.1) is 4.92 Å². The number of rotatable bonds is 6.